The molecule has 19 nitrogen and oxygen atoms in total. The number of carbonyl (C=O) groups excluding carboxylic acids is 1. The molecule has 0 aromatic carbocycles. The molecule has 3 aliphatic rings. The highest BCUT2D eigenvalue weighted by Gasteiger charge is 2.53. The first kappa shape index (κ1) is 86.2. The number of nitrogens with one attached hydrogen (secondary N) is 1. The molecule has 17 unspecified atom stereocenters. The second-order valence-electron chi connectivity index (χ2n) is 25.3. The minimum Gasteiger partial charge on any atom is -0.394 e. The van der Waals surface area contributed by atoms with Crippen LogP contribution in [0.25, 0.3) is 0 Å². The Balaban J connectivity index is 1.31. The summed E-state index contributed by atoms with van der Waals surface area (Å²) in [5.41, 5.74) is 0. The highest BCUT2D eigenvalue weighted by Crippen LogP contribution is 2.33. The number of ether oxygens (including phenoxy) is 6. The van der Waals surface area contributed by atoms with E-state index in [1.54, 1.807) is 0 Å². The van der Waals surface area contributed by atoms with Crippen LogP contribution >= 0.6 is 0 Å². The Kier molecular flexibility index (Phi) is 50.8. The Labute approximate surface area is 575 Å². The summed E-state index contributed by atoms with van der Waals surface area (Å²) in [6.07, 6.45) is 52.8. The van der Waals surface area contributed by atoms with Gasteiger partial charge in [-0.3, -0.25) is 4.79 Å². The fraction of sp³-hybridized carbons (Fsp3) is 0.701. The van der Waals surface area contributed by atoms with E-state index in [4.69, 9.17) is 28.4 Å². The van der Waals surface area contributed by atoms with E-state index < -0.39 is 124 Å². The highest BCUT2D eigenvalue weighted by molar-refractivity contribution is 5.76. The predicted octanol–water partition coefficient (Wildman–Crippen LogP) is 10.5. The van der Waals surface area contributed by atoms with Crippen molar-refractivity contribution in [2.45, 2.75) is 317 Å². The number of amides is 1. The molecule has 0 aromatic rings. The van der Waals surface area contributed by atoms with E-state index >= 15 is 0 Å². The Morgan fingerprint density at radius 1 is 0.385 bits per heavy atom. The number of aliphatic hydroxyl groups is 11. The molecule has 1 amide bonds. The molecule has 3 fully saturated rings. The molecule has 3 rings (SSSR count). The molecule has 19 heteroatoms. The fourth-order valence-corrected chi connectivity index (χ4v) is 11.4. The van der Waals surface area contributed by atoms with Crippen LogP contribution < -0.4 is 5.32 Å². The molecule has 3 aliphatic heterocycles. The first-order valence-corrected chi connectivity index (χ1v) is 36.4. The van der Waals surface area contributed by atoms with E-state index in [9.17, 15) is 61.0 Å². The maximum absolute atomic E-state index is 13.4. The molecule has 0 aromatic heterocycles. The van der Waals surface area contributed by atoms with Crippen LogP contribution in [0, 0.1) is 0 Å². The maximum atomic E-state index is 13.4. The normalized spacial score (nSPS) is 27.9. The van der Waals surface area contributed by atoms with Crippen LogP contribution in [0.15, 0.2) is 134 Å². The van der Waals surface area contributed by atoms with Crippen molar-refractivity contribution in [1.29, 1.82) is 0 Å². The number of allylic oxidation sites excluding steroid dienone is 22. The van der Waals surface area contributed by atoms with E-state index in [-0.39, 0.29) is 18.9 Å². The summed E-state index contributed by atoms with van der Waals surface area (Å²) in [6.45, 7) is 1.62. The summed E-state index contributed by atoms with van der Waals surface area (Å²) in [5.74, 6) is -0.262. The first-order valence-electron chi connectivity index (χ1n) is 36.4. The van der Waals surface area contributed by atoms with Crippen LogP contribution in [0.1, 0.15) is 213 Å². The highest BCUT2D eigenvalue weighted by atomic mass is 16.8. The van der Waals surface area contributed by atoms with Gasteiger partial charge in [0.15, 0.2) is 18.9 Å². The van der Waals surface area contributed by atoms with Gasteiger partial charge in [0.1, 0.15) is 73.2 Å². The molecule has 3 saturated heterocycles. The Bertz CT molecular complexity index is 2260. The van der Waals surface area contributed by atoms with Crippen molar-refractivity contribution in [3.63, 3.8) is 0 Å². The monoisotopic (exact) mass is 1350 g/mol. The van der Waals surface area contributed by atoms with Crippen LogP contribution in [-0.2, 0) is 33.2 Å². The van der Waals surface area contributed by atoms with Gasteiger partial charge >= 0.3 is 0 Å². The van der Waals surface area contributed by atoms with Crippen LogP contribution in [0.5, 0.6) is 0 Å². The summed E-state index contributed by atoms with van der Waals surface area (Å²) in [6, 6.07) is -0.901. The van der Waals surface area contributed by atoms with Crippen molar-refractivity contribution in [3.05, 3.63) is 134 Å². The number of rotatable bonds is 54. The van der Waals surface area contributed by atoms with Gasteiger partial charge in [-0.25, -0.2) is 0 Å². The van der Waals surface area contributed by atoms with Crippen LogP contribution in [0.3, 0.4) is 0 Å². The number of hydrogen-bond donors (Lipinski definition) is 12. The Morgan fingerprint density at radius 2 is 0.719 bits per heavy atom. The molecule has 0 spiro atoms. The fourth-order valence-electron chi connectivity index (χ4n) is 11.4. The van der Waals surface area contributed by atoms with Crippen LogP contribution in [0.4, 0.5) is 0 Å². The Hall–Kier alpha value is -4.07. The molecule has 17 atom stereocenters. The van der Waals surface area contributed by atoms with Crippen LogP contribution in [0.2, 0.25) is 0 Å². The zero-order valence-electron chi connectivity index (χ0n) is 58.0. The van der Waals surface area contributed by atoms with E-state index in [0.717, 1.165) is 141 Å². The van der Waals surface area contributed by atoms with Crippen molar-refractivity contribution < 1.29 is 89.4 Å². The number of aliphatic hydroxyl groups excluding tert-OH is 11. The van der Waals surface area contributed by atoms with E-state index in [0.29, 0.717) is 12.8 Å². The topological polar surface area (TPSA) is 307 Å². The van der Waals surface area contributed by atoms with Crippen molar-refractivity contribution in [1.82, 2.24) is 5.32 Å². The number of hydrogen-bond acceptors (Lipinski definition) is 18. The number of unbranched alkanes of at least 4 members (excludes halogenated alkanes) is 16. The van der Waals surface area contributed by atoms with Gasteiger partial charge in [-0.1, -0.05) is 244 Å². The quantitative estimate of drug-likeness (QED) is 0.0199. The SMILES string of the molecule is CC/C=C\C/C=C\C/C=C\C/C=C\C/C=C\C/C=C\C/C=C\C/C=C\C/C=C\C/C=C\C/C=C\CCCCCCCCCC(=O)NC(COC1OC(CO)C(OC2OC(CO)C(OC3OC(CO)C(O)C(O)C3O)C(O)C2O)C(O)C1O)C(O)CCCCCCCCCCCC. The van der Waals surface area contributed by atoms with Crippen molar-refractivity contribution >= 4 is 5.91 Å². The minimum atomic E-state index is -1.98. The summed E-state index contributed by atoms with van der Waals surface area (Å²) in [5, 5.41) is 120. The summed E-state index contributed by atoms with van der Waals surface area (Å²) >= 11 is 0. The molecule has 0 saturated carbocycles. The largest absolute Gasteiger partial charge is 0.394 e. The second kappa shape index (κ2) is 56.7. The predicted molar refractivity (Wildman–Crippen MR) is 378 cm³/mol. The maximum Gasteiger partial charge on any atom is 0.220 e. The van der Waals surface area contributed by atoms with E-state index in [1.807, 2.05) is 0 Å². The molecule has 548 valence electrons. The molecule has 12 N–H and O–H groups in total. The first-order chi connectivity index (χ1) is 46.8. The lowest BCUT2D eigenvalue weighted by Gasteiger charge is -2.48. The zero-order chi connectivity index (χ0) is 69.6. The van der Waals surface area contributed by atoms with Gasteiger partial charge in [0.25, 0.3) is 0 Å². The third-order valence-electron chi connectivity index (χ3n) is 17.2. The average Bonchev–Trinajstić information content (AvgIpc) is 0.849. The van der Waals surface area contributed by atoms with Crippen molar-refractivity contribution in [3.8, 4) is 0 Å². The smallest absolute Gasteiger partial charge is 0.220 e. The summed E-state index contributed by atoms with van der Waals surface area (Å²) in [4.78, 5) is 13.4. The Morgan fingerprint density at radius 3 is 1.12 bits per heavy atom. The standard InChI is InChI=1S/C77H127NO18/c1-3-5-7-9-11-13-15-16-17-18-19-20-21-22-23-24-25-26-27-28-29-30-31-32-33-34-35-36-37-38-39-40-41-42-43-44-45-47-49-51-53-55-65(83)78-60(61(82)54-52-50-48-46-14-12-10-8-6-4-2)59-91-75-71(89)68(86)73(63(57-80)93-75)96-77-72(90)69(87)74(64(58-81)94-77)95-76-70(88)67(85)66(84)62(56-79)92-76/h5,7,11,13,16-17,19-20,22-23,25-26,28-29,31-32,34-35,37-38,40-41,60-64,66-77,79-82,84-90H,3-4,6,8-10,12,14-15,18,21,24,27,30,33,36,39,42-59H2,1-2H3,(H,78,83)/b7-5-,13-11-,17-16-,20-19-,23-22-,26-25-,29-28-,32-31-,35-34-,38-37-,41-40-. The van der Waals surface area contributed by atoms with Gasteiger partial charge in [-0.05, 0) is 96.3 Å². The van der Waals surface area contributed by atoms with E-state index in [2.05, 4.69) is 153 Å². The van der Waals surface area contributed by atoms with E-state index in [1.165, 1.54) is 38.5 Å². The van der Waals surface area contributed by atoms with Gasteiger partial charge in [-0.2, -0.15) is 0 Å². The van der Waals surface area contributed by atoms with Gasteiger partial charge in [0.05, 0.1) is 38.6 Å². The zero-order valence-corrected chi connectivity index (χ0v) is 58.0. The van der Waals surface area contributed by atoms with Crippen molar-refractivity contribution in [2.24, 2.45) is 0 Å². The molecule has 0 bridgehead atoms. The number of carbonyl (C=O) groups is 1. The van der Waals surface area contributed by atoms with Gasteiger partial charge in [0.2, 0.25) is 5.91 Å². The molecule has 96 heavy (non-hydrogen) atoms. The summed E-state index contributed by atoms with van der Waals surface area (Å²) in [7, 11) is 0. The summed E-state index contributed by atoms with van der Waals surface area (Å²) < 4.78 is 34.3. The lowest BCUT2D eigenvalue weighted by atomic mass is 9.96. The van der Waals surface area contributed by atoms with Gasteiger partial charge in [-0.15, -0.1) is 0 Å². The van der Waals surface area contributed by atoms with Gasteiger partial charge in [0, 0.05) is 6.42 Å². The minimum absolute atomic E-state index is 0.245. The molecule has 0 aliphatic carbocycles. The molecule has 3 heterocycles. The molecular formula is C77H127NO18. The third kappa shape index (κ3) is 37.4. The lowest BCUT2D eigenvalue weighted by molar-refractivity contribution is -0.379. The molecule has 0 radical (unpaired) electrons. The van der Waals surface area contributed by atoms with Crippen molar-refractivity contribution in [2.75, 3.05) is 26.4 Å². The van der Waals surface area contributed by atoms with Gasteiger partial charge < -0.3 is 89.9 Å². The average molecular weight is 1350 g/mol. The van der Waals surface area contributed by atoms with Crippen LogP contribution in [-0.4, -0.2) is 193 Å². The third-order valence-corrected chi connectivity index (χ3v) is 17.2. The molecular weight excluding hydrogens is 1230 g/mol. The second-order valence-corrected chi connectivity index (χ2v) is 25.3. The lowest BCUT2D eigenvalue weighted by Crippen LogP contribution is -2.66.